The Morgan fingerprint density at radius 3 is 2.60 bits per heavy atom. The van der Waals surface area contributed by atoms with Crippen LogP contribution in [0.4, 0.5) is 13.2 Å². The topological polar surface area (TPSA) is 43.8 Å². The van der Waals surface area contributed by atoms with E-state index < -0.39 is 17.8 Å². The molecule has 138 valence electrons. The van der Waals surface area contributed by atoms with Crippen molar-refractivity contribution >= 4 is 5.91 Å². The van der Waals surface area contributed by atoms with Gasteiger partial charge in [0.1, 0.15) is 0 Å². The molecule has 2 atom stereocenters. The molecule has 1 aromatic carbocycles. The number of rotatable bonds is 3. The molecule has 2 aliphatic rings. The maximum absolute atomic E-state index is 13.0. The average molecular weight is 356 g/mol. The molecule has 2 unspecified atom stereocenters. The zero-order valence-electron chi connectivity index (χ0n) is 14.0. The van der Waals surface area contributed by atoms with E-state index in [1.54, 1.807) is 11.0 Å². The number of piperidine rings is 1. The van der Waals surface area contributed by atoms with Crippen LogP contribution in [0.1, 0.15) is 42.9 Å². The van der Waals surface area contributed by atoms with Crippen LogP contribution >= 0.6 is 0 Å². The summed E-state index contributed by atoms with van der Waals surface area (Å²) in [5.41, 5.74) is -0.202. The lowest BCUT2D eigenvalue weighted by Crippen LogP contribution is -2.42. The molecule has 25 heavy (non-hydrogen) atoms. The highest BCUT2D eigenvalue weighted by Gasteiger charge is 2.36. The summed E-state index contributed by atoms with van der Waals surface area (Å²) in [6.07, 6.45) is -1.58. The van der Waals surface area contributed by atoms with Gasteiger partial charge in [-0.3, -0.25) is 9.69 Å². The molecular formula is C18H23F3N2O2. The molecule has 0 aromatic heterocycles. The van der Waals surface area contributed by atoms with Gasteiger partial charge in [0, 0.05) is 25.7 Å². The second-order valence-corrected chi connectivity index (χ2v) is 6.90. The number of amides is 1. The minimum absolute atomic E-state index is 0.00854. The molecule has 0 spiro atoms. The van der Waals surface area contributed by atoms with E-state index >= 15 is 0 Å². The third kappa shape index (κ3) is 4.33. The van der Waals surface area contributed by atoms with Gasteiger partial charge in [-0.1, -0.05) is 12.1 Å². The van der Waals surface area contributed by atoms with Gasteiger partial charge in [0.2, 0.25) is 5.91 Å². The van der Waals surface area contributed by atoms with Crippen LogP contribution in [0, 0.1) is 0 Å². The second kappa shape index (κ2) is 7.33. The molecule has 3 rings (SSSR count). The van der Waals surface area contributed by atoms with Gasteiger partial charge in [-0.15, -0.1) is 0 Å². The summed E-state index contributed by atoms with van der Waals surface area (Å²) < 4.78 is 38.9. The summed E-state index contributed by atoms with van der Waals surface area (Å²) in [5, 5.41) is 9.99. The molecule has 2 fully saturated rings. The van der Waals surface area contributed by atoms with E-state index in [0.29, 0.717) is 18.5 Å². The highest BCUT2D eigenvalue weighted by atomic mass is 19.4. The van der Waals surface area contributed by atoms with Crippen molar-refractivity contribution in [3.8, 4) is 0 Å². The third-order valence-electron chi connectivity index (χ3n) is 5.03. The number of carbonyl (C=O) groups is 1. The minimum atomic E-state index is -4.40. The number of benzene rings is 1. The minimum Gasteiger partial charge on any atom is -0.392 e. The van der Waals surface area contributed by atoms with Gasteiger partial charge in [-0.05, 0) is 43.4 Å². The first-order valence-corrected chi connectivity index (χ1v) is 8.71. The number of alkyl halides is 3. The summed E-state index contributed by atoms with van der Waals surface area (Å²) in [4.78, 5) is 16.1. The first-order chi connectivity index (χ1) is 11.8. The van der Waals surface area contributed by atoms with E-state index in [-0.39, 0.29) is 18.5 Å². The van der Waals surface area contributed by atoms with Gasteiger partial charge in [-0.25, -0.2) is 0 Å². The Hall–Kier alpha value is -1.60. The zero-order valence-corrected chi connectivity index (χ0v) is 14.0. The lowest BCUT2D eigenvalue weighted by atomic mass is 10.0. The molecule has 0 aliphatic carbocycles. The molecule has 2 heterocycles. The molecule has 2 saturated heterocycles. The Kier molecular flexibility index (Phi) is 5.34. The van der Waals surface area contributed by atoms with Crippen LogP contribution in [0.15, 0.2) is 24.3 Å². The van der Waals surface area contributed by atoms with E-state index in [1.165, 1.54) is 6.07 Å². The molecular weight excluding hydrogens is 333 g/mol. The fourth-order valence-corrected chi connectivity index (χ4v) is 3.74. The van der Waals surface area contributed by atoms with Gasteiger partial charge in [0.05, 0.1) is 18.2 Å². The maximum Gasteiger partial charge on any atom is 0.416 e. The van der Waals surface area contributed by atoms with Crippen molar-refractivity contribution in [3.63, 3.8) is 0 Å². The normalized spacial score (nSPS) is 25.4. The fraction of sp³-hybridized carbons (Fsp3) is 0.611. The lowest BCUT2D eigenvalue weighted by molar-refractivity contribution is -0.138. The van der Waals surface area contributed by atoms with Gasteiger partial charge in [0.15, 0.2) is 0 Å². The number of hydrogen-bond acceptors (Lipinski definition) is 3. The van der Waals surface area contributed by atoms with Crippen LogP contribution in [0.2, 0.25) is 0 Å². The third-order valence-corrected chi connectivity index (χ3v) is 5.03. The van der Waals surface area contributed by atoms with Gasteiger partial charge in [0.25, 0.3) is 0 Å². The summed E-state index contributed by atoms with van der Waals surface area (Å²) in [6, 6.07) is 4.81. The van der Waals surface area contributed by atoms with E-state index in [4.69, 9.17) is 0 Å². The van der Waals surface area contributed by atoms with E-state index in [0.717, 1.165) is 44.5 Å². The quantitative estimate of drug-likeness (QED) is 0.906. The van der Waals surface area contributed by atoms with E-state index in [1.807, 2.05) is 4.90 Å². The number of hydrogen-bond donors (Lipinski definition) is 1. The van der Waals surface area contributed by atoms with Crippen LogP contribution in [0.3, 0.4) is 0 Å². The molecule has 1 aromatic rings. The summed E-state index contributed by atoms with van der Waals surface area (Å²) >= 11 is 0. The van der Waals surface area contributed by atoms with Crippen LogP contribution < -0.4 is 0 Å². The summed E-state index contributed by atoms with van der Waals surface area (Å²) in [6.45, 7) is 1.92. The second-order valence-electron chi connectivity index (χ2n) is 6.90. The van der Waals surface area contributed by atoms with Gasteiger partial charge in [-0.2, -0.15) is 13.2 Å². The van der Waals surface area contributed by atoms with Crippen molar-refractivity contribution in [2.45, 2.75) is 44.0 Å². The molecule has 0 bridgehead atoms. The van der Waals surface area contributed by atoms with Gasteiger partial charge < -0.3 is 10.0 Å². The Bertz CT molecular complexity index is 615. The standard InChI is InChI=1S/C18H23F3N2O2/c19-18(20,21)14-6-4-5-13(9-14)16-10-15(24)11-23(16)12-17(25)22-7-2-1-3-8-22/h4-6,9,15-16,24H,1-3,7-8,10-12H2. The molecule has 2 aliphatic heterocycles. The number of β-amino-alcohol motifs (C(OH)–C–C–N with tert-alkyl or cyclic N) is 1. The SMILES string of the molecule is O=C(CN1CC(O)CC1c1cccc(C(F)(F)F)c1)N1CCCCC1. The van der Waals surface area contributed by atoms with Gasteiger partial charge >= 0.3 is 6.18 Å². The number of nitrogens with zero attached hydrogens (tertiary/aromatic N) is 2. The smallest absolute Gasteiger partial charge is 0.392 e. The van der Waals surface area contributed by atoms with Crippen molar-refractivity contribution < 1.29 is 23.1 Å². The highest BCUT2D eigenvalue weighted by molar-refractivity contribution is 5.78. The first-order valence-electron chi connectivity index (χ1n) is 8.71. The fourth-order valence-electron chi connectivity index (χ4n) is 3.74. The average Bonchev–Trinajstić information content (AvgIpc) is 2.95. The Balaban J connectivity index is 1.74. The zero-order chi connectivity index (χ0) is 18.0. The predicted octanol–water partition coefficient (Wildman–Crippen LogP) is 2.83. The Morgan fingerprint density at radius 2 is 1.92 bits per heavy atom. The molecule has 0 saturated carbocycles. The highest BCUT2D eigenvalue weighted by Crippen LogP contribution is 2.36. The van der Waals surface area contributed by atoms with Crippen LogP contribution in [0.25, 0.3) is 0 Å². The van der Waals surface area contributed by atoms with Crippen molar-refractivity contribution in [2.75, 3.05) is 26.2 Å². The van der Waals surface area contributed by atoms with Crippen molar-refractivity contribution in [1.82, 2.24) is 9.80 Å². The molecule has 7 heteroatoms. The summed E-state index contributed by atoms with van der Waals surface area (Å²) in [7, 11) is 0. The Labute approximate surface area is 145 Å². The molecule has 4 nitrogen and oxygen atoms in total. The number of likely N-dealkylation sites (tertiary alicyclic amines) is 2. The van der Waals surface area contributed by atoms with E-state index in [2.05, 4.69) is 0 Å². The van der Waals surface area contributed by atoms with Crippen LogP contribution in [-0.2, 0) is 11.0 Å². The van der Waals surface area contributed by atoms with E-state index in [9.17, 15) is 23.1 Å². The number of aliphatic hydroxyl groups excluding tert-OH is 1. The van der Waals surface area contributed by atoms with Crippen LogP contribution in [-0.4, -0.2) is 53.1 Å². The van der Waals surface area contributed by atoms with Crippen molar-refractivity contribution in [2.24, 2.45) is 0 Å². The Morgan fingerprint density at radius 1 is 1.20 bits per heavy atom. The molecule has 0 radical (unpaired) electrons. The number of carbonyl (C=O) groups excluding carboxylic acids is 1. The molecule has 1 amide bonds. The first kappa shape index (κ1) is 18.2. The largest absolute Gasteiger partial charge is 0.416 e. The van der Waals surface area contributed by atoms with Crippen LogP contribution in [0.5, 0.6) is 0 Å². The summed E-state index contributed by atoms with van der Waals surface area (Å²) in [5.74, 6) is -0.00854. The van der Waals surface area contributed by atoms with Crippen molar-refractivity contribution in [3.05, 3.63) is 35.4 Å². The molecule has 1 N–H and O–H groups in total. The lowest BCUT2D eigenvalue weighted by Gasteiger charge is -2.30. The predicted molar refractivity (Wildman–Crippen MR) is 86.8 cm³/mol. The number of halogens is 3. The van der Waals surface area contributed by atoms with Crippen molar-refractivity contribution in [1.29, 1.82) is 0 Å². The number of aliphatic hydroxyl groups is 1. The maximum atomic E-state index is 13.0. The monoisotopic (exact) mass is 356 g/mol.